The SMILES string of the molecule is NC(CO)c1nc(-c2ncccc2Cl)no1. The van der Waals surface area contributed by atoms with Gasteiger partial charge in [0, 0.05) is 6.20 Å². The molecule has 1 unspecified atom stereocenters. The van der Waals surface area contributed by atoms with Crippen LogP contribution in [0.2, 0.25) is 5.02 Å². The Balaban J connectivity index is 2.35. The lowest BCUT2D eigenvalue weighted by Gasteiger charge is -1.98. The van der Waals surface area contributed by atoms with Crippen LogP contribution < -0.4 is 5.73 Å². The Kier molecular flexibility index (Phi) is 3.14. The van der Waals surface area contributed by atoms with Gasteiger partial charge in [0.25, 0.3) is 0 Å². The van der Waals surface area contributed by atoms with Crippen molar-refractivity contribution in [2.24, 2.45) is 5.73 Å². The van der Waals surface area contributed by atoms with Crippen molar-refractivity contribution in [1.29, 1.82) is 0 Å². The Bertz CT molecular complexity index is 488. The molecule has 0 amide bonds. The van der Waals surface area contributed by atoms with Gasteiger partial charge in [-0.2, -0.15) is 4.98 Å². The predicted molar refractivity (Wildman–Crippen MR) is 56.6 cm³/mol. The zero-order chi connectivity index (χ0) is 11.5. The lowest BCUT2D eigenvalue weighted by atomic mass is 10.3. The average molecular weight is 241 g/mol. The van der Waals surface area contributed by atoms with E-state index in [4.69, 9.17) is 27.0 Å². The van der Waals surface area contributed by atoms with Crippen LogP contribution in [-0.4, -0.2) is 26.8 Å². The molecular formula is C9H9ClN4O2. The normalized spacial score (nSPS) is 12.7. The van der Waals surface area contributed by atoms with E-state index in [-0.39, 0.29) is 18.3 Å². The first kappa shape index (κ1) is 11.0. The second-order valence-corrected chi connectivity index (χ2v) is 3.49. The van der Waals surface area contributed by atoms with Crippen LogP contribution in [0.25, 0.3) is 11.5 Å². The van der Waals surface area contributed by atoms with Crippen molar-refractivity contribution < 1.29 is 9.63 Å². The van der Waals surface area contributed by atoms with Gasteiger partial charge in [0.2, 0.25) is 11.7 Å². The van der Waals surface area contributed by atoms with Crippen LogP contribution in [-0.2, 0) is 0 Å². The number of hydrogen-bond acceptors (Lipinski definition) is 6. The predicted octanol–water partition coefficient (Wildman–Crippen LogP) is 0.777. The molecule has 0 fully saturated rings. The highest BCUT2D eigenvalue weighted by Gasteiger charge is 2.16. The van der Waals surface area contributed by atoms with Crippen molar-refractivity contribution in [3.63, 3.8) is 0 Å². The molecule has 0 saturated carbocycles. The van der Waals surface area contributed by atoms with E-state index in [0.29, 0.717) is 10.7 Å². The molecule has 0 aliphatic heterocycles. The highest BCUT2D eigenvalue weighted by atomic mass is 35.5. The van der Waals surface area contributed by atoms with Gasteiger partial charge in [-0.1, -0.05) is 16.8 Å². The summed E-state index contributed by atoms with van der Waals surface area (Å²) in [5, 5.41) is 12.9. The Morgan fingerprint density at radius 1 is 1.56 bits per heavy atom. The number of hydrogen-bond donors (Lipinski definition) is 2. The van der Waals surface area contributed by atoms with Crippen LogP contribution >= 0.6 is 11.6 Å². The minimum absolute atomic E-state index is 0.152. The van der Waals surface area contributed by atoms with Gasteiger partial charge in [-0.05, 0) is 12.1 Å². The summed E-state index contributed by atoms with van der Waals surface area (Å²) in [6.07, 6.45) is 1.57. The third kappa shape index (κ3) is 2.04. The first-order valence-electron chi connectivity index (χ1n) is 4.53. The molecule has 0 aliphatic rings. The van der Waals surface area contributed by atoms with Gasteiger partial charge < -0.3 is 15.4 Å². The smallest absolute Gasteiger partial charge is 0.246 e. The van der Waals surface area contributed by atoms with E-state index in [1.165, 1.54) is 0 Å². The molecule has 2 aromatic rings. The molecule has 0 bridgehead atoms. The van der Waals surface area contributed by atoms with Gasteiger partial charge in [0.1, 0.15) is 11.7 Å². The van der Waals surface area contributed by atoms with E-state index in [1.807, 2.05) is 0 Å². The molecule has 0 aliphatic carbocycles. The number of aliphatic hydroxyl groups excluding tert-OH is 1. The highest BCUT2D eigenvalue weighted by Crippen LogP contribution is 2.23. The Labute approximate surface area is 96.1 Å². The maximum absolute atomic E-state index is 8.83. The van der Waals surface area contributed by atoms with E-state index in [1.54, 1.807) is 18.3 Å². The third-order valence-electron chi connectivity index (χ3n) is 1.93. The van der Waals surface area contributed by atoms with Crippen molar-refractivity contribution in [2.45, 2.75) is 6.04 Å². The summed E-state index contributed by atoms with van der Waals surface area (Å²) in [6, 6.07) is 2.68. The fourth-order valence-corrected chi connectivity index (χ4v) is 1.32. The molecule has 84 valence electrons. The van der Waals surface area contributed by atoms with Crippen molar-refractivity contribution in [1.82, 2.24) is 15.1 Å². The molecule has 1 atom stereocenters. The average Bonchev–Trinajstić information content (AvgIpc) is 2.78. The lowest BCUT2D eigenvalue weighted by Crippen LogP contribution is -2.14. The second-order valence-electron chi connectivity index (χ2n) is 3.08. The molecule has 0 spiro atoms. The quantitative estimate of drug-likeness (QED) is 0.823. The van der Waals surface area contributed by atoms with Gasteiger partial charge in [0.05, 0.1) is 11.6 Å². The molecule has 0 aromatic carbocycles. The Hall–Kier alpha value is -1.50. The van der Waals surface area contributed by atoms with E-state index >= 15 is 0 Å². The van der Waals surface area contributed by atoms with Crippen molar-refractivity contribution >= 4 is 11.6 Å². The zero-order valence-electron chi connectivity index (χ0n) is 8.17. The fraction of sp³-hybridized carbons (Fsp3) is 0.222. The molecule has 0 saturated heterocycles. The number of aromatic nitrogens is 3. The molecule has 16 heavy (non-hydrogen) atoms. The van der Waals surface area contributed by atoms with Crippen LogP contribution in [0.3, 0.4) is 0 Å². The monoisotopic (exact) mass is 240 g/mol. The number of aliphatic hydroxyl groups is 1. The maximum atomic E-state index is 8.83. The molecule has 7 heteroatoms. The first-order valence-corrected chi connectivity index (χ1v) is 4.91. The Morgan fingerprint density at radius 2 is 2.38 bits per heavy atom. The van der Waals surface area contributed by atoms with Crippen LogP contribution in [0, 0.1) is 0 Å². The summed E-state index contributed by atoms with van der Waals surface area (Å²) in [4.78, 5) is 8.03. The molecule has 2 aromatic heterocycles. The van der Waals surface area contributed by atoms with Crippen molar-refractivity contribution in [3.05, 3.63) is 29.2 Å². The van der Waals surface area contributed by atoms with Gasteiger partial charge >= 0.3 is 0 Å². The summed E-state index contributed by atoms with van der Waals surface area (Å²) in [7, 11) is 0. The lowest BCUT2D eigenvalue weighted by molar-refractivity contribution is 0.237. The number of rotatable bonds is 3. The maximum Gasteiger partial charge on any atom is 0.246 e. The van der Waals surface area contributed by atoms with E-state index < -0.39 is 6.04 Å². The molecular weight excluding hydrogens is 232 g/mol. The standard InChI is InChI=1S/C9H9ClN4O2/c10-5-2-1-3-12-7(5)8-13-9(16-14-8)6(11)4-15/h1-3,6,15H,4,11H2. The van der Waals surface area contributed by atoms with E-state index in [0.717, 1.165) is 0 Å². The number of nitrogens with zero attached hydrogens (tertiary/aromatic N) is 3. The van der Waals surface area contributed by atoms with Crippen LogP contribution in [0.5, 0.6) is 0 Å². The summed E-state index contributed by atoms with van der Waals surface area (Å²) in [5.74, 6) is 0.406. The van der Waals surface area contributed by atoms with Gasteiger partial charge in [-0.3, -0.25) is 4.98 Å². The summed E-state index contributed by atoms with van der Waals surface area (Å²) >= 11 is 5.92. The van der Waals surface area contributed by atoms with Crippen LogP contribution in [0.4, 0.5) is 0 Å². The van der Waals surface area contributed by atoms with Gasteiger partial charge in [-0.15, -0.1) is 0 Å². The fourth-order valence-electron chi connectivity index (χ4n) is 1.11. The molecule has 2 heterocycles. The molecule has 3 N–H and O–H groups in total. The zero-order valence-corrected chi connectivity index (χ0v) is 8.92. The molecule has 2 rings (SSSR count). The van der Waals surface area contributed by atoms with Crippen molar-refractivity contribution in [3.8, 4) is 11.5 Å². The largest absolute Gasteiger partial charge is 0.394 e. The topological polar surface area (TPSA) is 98.1 Å². The van der Waals surface area contributed by atoms with Crippen LogP contribution in [0.1, 0.15) is 11.9 Å². The van der Waals surface area contributed by atoms with Gasteiger partial charge in [-0.25, -0.2) is 0 Å². The van der Waals surface area contributed by atoms with E-state index in [2.05, 4.69) is 15.1 Å². The minimum Gasteiger partial charge on any atom is -0.394 e. The van der Waals surface area contributed by atoms with Crippen LogP contribution in [0.15, 0.2) is 22.9 Å². The van der Waals surface area contributed by atoms with Gasteiger partial charge in [0.15, 0.2) is 0 Å². The summed E-state index contributed by atoms with van der Waals surface area (Å²) in [6.45, 7) is -0.266. The van der Waals surface area contributed by atoms with Crippen molar-refractivity contribution in [2.75, 3.05) is 6.61 Å². The number of pyridine rings is 1. The van der Waals surface area contributed by atoms with E-state index in [9.17, 15) is 0 Å². The summed E-state index contributed by atoms with van der Waals surface area (Å²) < 4.78 is 4.88. The number of nitrogens with two attached hydrogens (primary N) is 1. The highest BCUT2D eigenvalue weighted by molar-refractivity contribution is 6.32. The summed E-state index contributed by atoms with van der Waals surface area (Å²) in [5.41, 5.74) is 5.94. The third-order valence-corrected chi connectivity index (χ3v) is 2.23. The second kappa shape index (κ2) is 4.56. The Morgan fingerprint density at radius 3 is 3.06 bits per heavy atom. The minimum atomic E-state index is -0.691. The molecule has 0 radical (unpaired) electrons. The first-order chi connectivity index (χ1) is 7.72. The number of halogens is 1. The molecule has 6 nitrogen and oxygen atoms in total.